The summed E-state index contributed by atoms with van der Waals surface area (Å²) in [5.74, 6) is -1.04. The van der Waals surface area contributed by atoms with Gasteiger partial charge in [0.2, 0.25) is 0 Å². The third-order valence-electron chi connectivity index (χ3n) is 3.89. The molecular formula is C22H18N2O4. The van der Waals surface area contributed by atoms with Crippen LogP contribution in [-0.4, -0.2) is 22.0 Å². The van der Waals surface area contributed by atoms with Gasteiger partial charge < -0.3 is 20.8 Å². The number of anilines is 1. The summed E-state index contributed by atoms with van der Waals surface area (Å²) < 4.78 is 0. The minimum absolute atomic E-state index is 0.0113. The van der Waals surface area contributed by atoms with E-state index in [1.807, 2.05) is 0 Å². The van der Waals surface area contributed by atoms with Gasteiger partial charge >= 0.3 is 0 Å². The Balaban J connectivity index is 1.89. The van der Waals surface area contributed by atoms with E-state index in [9.17, 15) is 19.8 Å². The molecule has 28 heavy (non-hydrogen) atoms. The average molecular weight is 374 g/mol. The molecule has 4 N–H and O–H groups in total. The number of rotatable bonds is 5. The SMILES string of the molecule is O=C(Nc1ccccc1O)/C(=C/c1ccc(O)cc1)NC(=O)c1ccccc1. The molecule has 0 bridgehead atoms. The van der Waals surface area contributed by atoms with Crippen molar-refractivity contribution < 1.29 is 19.8 Å². The van der Waals surface area contributed by atoms with Gasteiger partial charge in [0.25, 0.3) is 11.8 Å². The number of para-hydroxylation sites is 2. The molecule has 3 aromatic carbocycles. The van der Waals surface area contributed by atoms with Gasteiger partial charge in [0.1, 0.15) is 17.2 Å². The number of nitrogens with one attached hydrogen (secondary N) is 2. The number of hydrogen-bond acceptors (Lipinski definition) is 4. The van der Waals surface area contributed by atoms with Crippen molar-refractivity contribution in [3.63, 3.8) is 0 Å². The second-order valence-electron chi connectivity index (χ2n) is 5.94. The summed E-state index contributed by atoms with van der Waals surface area (Å²) in [4.78, 5) is 25.3. The van der Waals surface area contributed by atoms with E-state index in [2.05, 4.69) is 10.6 Å². The third kappa shape index (κ3) is 4.76. The van der Waals surface area contributed by atoms with Crippen LogP contribution in [0, 0.1) is 0 Å². The molecule has 3 rings (SSSR count). The molecule has 0 aromatic heterocycles. The van der Waals surface area contributed by atoms with Gasteiger partial charge in [-0.3, -0.25) is 9.59 Å². The highest BCUT2D eigenvalue weighted by Gasteiger charge is 2.16. The maximum absolute atomic E-state index is 12.7. The van der Waals surface area contributed by atoms with Gasteiger partial charge in [0.15, 0.2) is 0 Å². The summed E-state index contributed by atoms with van der Waals surface area (Å²) in [6.45, 7) is 0. The summed E-state index contributed by atoms with van der Waals surface area (Å²) in [5.41, 5.74) is 1.21. The number of amides is 2. The molecule has 0 aliphatic rings. The van der Waals surface area contributed by atoms with Crippen molar-refractivity contribution in [1.29, 1.82) is 0 Å². The first-order valence-electron chi connectivity index (χ1n) is 8.49. The quantitative estimate of drug-likeness (QED) is 0.406. The van der Waals surface area contributed by atoms with Crippen LogP contribution in [0.2, 0.25) is 0 Å². The van der Waals surface area contributed by atoms with Crippen molar-refractivity contribution in [2.24, 2.45) is 0 Å². The number of aromatic hydroxyl groups is 2. The highest BCUT2D eigenvalue weighted by molar-refractivity contribution is 6.11. The topological polar surface area (TPSA) is 98.7 Å². The first kappa shape index (κ1) is 18.7. The first-order chi connectivity index (χ1) is 13.5. The van der Waals surface area contributed by atoms with Crippen LogP contribution < -0.4 is 10.6 Å². The minimum Gasteiger partial charge on any atom is -0.508 e. The maximum atomic E-state index is 12.7. The molecule has 0 spiro atoms. The molecule has 0 fully saturated rings. The van der Waals surface area contributed by atoms with E-state index in [1.54, 1.807) is 60.7 Å². The maximum Gasteiger partial charge on any atom is 0.272 e. The highest BCUT2D eigenvalue weighted by atomic mass is 16.3. The zero-order chi connectivity index (χ0) is 19.9. The Morgan fingerprint density at radius 1 is 0.786 bits per heavy atom. The van der Waals surface area contributed by atoms with Gasteiger partial charge in [-0.05, 0) is 48.0 Å². The fraction of sp³-hybridized carbons (Fsp3) is 0. The average Bonchev–Trinajstić information content (AvgIpc) is 2.71. The van der Waals surface area contributed by atoms with Crippen molar-refractivity contribution in [2.45, 2.75) is 0 Å². The van der Waals surface area contributed by atoms with Gasteiger partial charge in [0.05, 0.1) is 5.69 Å². The normalized spacial score (nSPS) is 10.9. The molecule has 0 aliphatic carbocycles. The molecular weight excluding hydrogens is 356 g/mol. The number of phenols is 2. The Hall–Kier alpha value is -4.06. The van der Waals surface area contributed by atoms with Crippen LogP contribution in [0.4, 0.5) is 5.69 Å². The first-order valence-corrected chi connectivity index (χ1v) is 8.49. The molecule has 0 radical (unpaired) electrons. The Kier molecular flexibility index (Phi) is 5.72. The van der Waals surface area contributed by atoms with Crippen molar-refractivity contribution in [3.8, 4) is 11.5 Å². The second-order valence-corrected chi connectivity index (χ2v) is 5.94. The largest absolute Gasteiger partial charge is 0.508 e. The molecule has 2 amide bonds. The van der Waals surface area contributed by atoms with Crippen LogP contribution in [-0.2, 0) is 4.79 Å². The smallest absolute Gasteiger partial charge is 0.272 e. The van der Waals surface area contributed by atoms with Crippen molar-refractivity contribution in [1.82, 2.24) is 5.32 Å². The second kappa shape index (κ2) is 8.55. The Morgan fingerprint density at radius 3 is 2.11 bits per heavy atom. The minimum atomic E-state index is -0.598. The highest BCUT2D eigenvalue weighted by Crippen LogP contribution is 2.22. The number of benzene rings is 3. The molecule has 6 nitrogen and oxygen atoms in total. The van der Waals surface area contributed by atoms with Crippen LogP contribution in [0.3, 0.4) is 0 Å². The number of phenolic OH excluding ortho intramolecular Hbond substituents is 2. The van der Waals surface area contributed by atoms with Crippen molar-refractivity contribution in [3.05, 3.63) is 95.7 Å². The lowest BCUT2D eigenvalue weighted by Gasteiger charge is -2.12. The standard InChI is InChI=1S/C22H18N2O4/c25-17-12-10-15(11-13-17)14-19(24-21(27)16-6-2-1-3-7-16)22(28)23-18-8-4-5-9-20(18)26/h1-14,25-26H,(H,23,28)(H,24,27)/b19-14-. The number of carbonyl (C=O) groups is 2. The van der Waals surface area contributed by atoms with Gasteiger partial charge in [-0.1, -0.05) is 42.5 Å². The Bertz CT molecular complexity index is 1010. The van der Waals surface area contributed by atoms with Crippen molar-refractivity contribution >= 4 is 23.6 Å². The van der Waals surface area contributed by atoms with E-state index in [0.717, 1.165) is 0 Å². The fourth-order valence-electron chi connectivity index (χ4n) is 2.45. The Morgan fingerprint density at radius 2 is 1.43 bits per heavy atom. The summed E-state index contributed by atoms with van der Waals surface area (Å²) >= 11 is 0. The van der Waals surface area contributed by atoms with Crippen LogP contribution in [0.15, 0.2) is 84.6 Å². The number of carbonyl (C=O) groups excluding carboxylic acids is 2. The number of hydrogen-bond donors (Lipinski definition) is 4. The van der Waals surface area contributed by atoms with Crippen LogP contribution >= 0.6 is 0 Å². The predicted molar refractivity (Wildman–Crippen MR) is 107 cm³/mol. The zero-order valence-corrected chi connectivity index (χ0v) is 14.8. The molecule has 0 aliphatic heterocycles. The monoisotopic (exact) mass is 374 g/mol. The molecule has 3 aromatic rings. The lowest BCUT2D eigenvalue weighted by molar-refractivity contribution is -0.113. The molecule has 0 unspecified atom stereocenters. The van der Waals surface area contributed by atoms with E-state index < -0.39 is 11.8 Å². The van der Waals surface area contributed by atoms with Gasteiger partial charge in [-0.2, -0.15) is 0 Å². The predicted octanol–water partition coefficient (Wildman–Crippen LogP) is 3.51. The zero-order valence-electron chi connectivity index (χ0n) is 14.8. The third-order valence-corrected chi connectivity index (χ3v) is 3.89. The summed E-state index contributed by atoms with van der Waals surface area (Å²) in [5, 5.41) is 24.5. The molecule has 0 heterocycles. The van der Waals surface area contributed by atoms with Gasteiger partial charge in [0, 0.05) is 5.56 Å². The van der Waals surface area contributed by atoms with Crippen LogP contribution in [0.25, 0.3) is 6.08 Å². The fourth-order valence-corrected chi connectivity index (χ4v) is 2.45. The van der Waals surface area contributed by atoms with E-state index >= 15 is 0 Å². The molecule has 0 atom stereocenters. The molecule has 0 saturated carbocycles. The summed E-state index contributed by atoms with van der Waals surface area (Å²) in [7, 11) is 0. The lowest BCUT2D eigenvalue weighted by Crippen LogP contribution is -2.30. The summed E-state index contributed by atoms with van der Waals surface area (Å²) in [6.07, 6.45) is 1.48. The molecule has 6 heteroatoms. The van der Waals surface area contributed by atoms with Gasteiger partial charge in [-0.15, -0.1) is 0 Å². The van der Waals surface area contributed by atoms with E-state index in [-0.39, 0.29) is 22.9 Å². The Labute approximate surface area is 161 Å². The van der Waals surface area contributed by atoms with Gasteiger partial charge in [-0.25, -0.2) is 0 Å². The van der Waals surface area contributed by atoms with Crippen molar-refractivity contribution in [2.75, 3.05) is 5.32 Å². The lowest BCUT2D eigenvalue weighted by atomic mass is 10.1. The van der Waals surface area contributed by atoms with E-state index in [4.69, 9.17) is 0 Å². The van der Waals surface area contributed by atoms with E-state index in [0.29, 0.717) is 11.1 Å². The van der Waals surface area contributed by atoms with Crippen LogP contribution in [0.5, 0.6) is 11.5 Å². The van der Waals surface area contributed by atoms with E-state index in [1.165, 1.54) is 24.3 Å². The summed E-state index contributed by atoms with van der Waals surface area (Å²) in [6, 6.07) is 21.0. The molecule has 140 valence electrons. The molecule has 0 saturated heterocycles. The van der Waals surface area contributed by atoms with Crippen LogP contribution in [0.1, 0.15) is 15.9 Å².